The number of benzene rings is 1. The van der Waals surface area contributed by atoms with E-state index in [1.807, 2.05) is 29.2 Å². The zero-order valence-corrected chi connectivity index (χ0v) is 16.7. The lowest BCUT2D eigenvalue weighted by molar-refractivity contribution is -0.119. The predicted octanol–water partition coefficient (Wildman–Crippen LogP) is 0.938. The number of fused-ring (bicyclic) bond motifs is 1. The summed E-state index contributed by atoms with van der Waals surface area (Å²) in [6.45, 7) is 4.36. The summed E-state index contributed by atoms with van der Waals surface area (Å²) in [6, 6.07) is 11.7. The number of rotatable bonds is 4. The molecule has 29 heavy (non-hydrogen) atoms. The standard InChI is InChI=1S/C21H26N6O2/c1-22-21(29)17-8-9-19(24-23-17)26-13-11-25(12-14-26)15-20(28)27-10-4-6-16-5-2-3-7-18(16)27/h2-3,5,7-9H,4,6,10-15H2,1H3,(H,22,29). The molecule has 8 heteroatoms. The molecule has 4 rings (SSSR count). The molecule has 0 aliphatic carbocycles. The van der Waals surface area contributed by atoms with Gasteiger partial charge in [-0.1, -0.05) is 18.2 Å². The zero-order valence-electron chi connectivity index (χ0n) is 16.7. The van der Waals surface area contributed by atoms with Crippen LogP contribution in [0.1, 0.15) is 22.5 Å². The van der Waals surface area contributed by atoms with Gasteiger partial charge in [-0.25, -0.2) is 0 Å². The maximum atomic E-state index is 12.9. The molecule has 2 aliphatic rings. The number of nitrogens with zero attached hydrogens (tertiary/aromatic N) is 5. The summed E-state index contributed by atoms with van der Waals surface area (Å²) in [7, 11) is 1.57. The van der Waals surface area contributed by atoms with Gasteiger partial charge in [0.2, 0.25) is 5.91 Å². The molecule has 1 aromatic carbocycles. The average molecular weight is 394 g/mol. The Morgan fingerprint density at radius 2 is 1.79 bits per heavy atom. The van der Waals surface area contributed by atoms with Gasteiger partial charge in [-0.2, -0.15) is 0 Å². The Hall–Kier alpha value is -3.00. The van der Waals surface area contributed by atoms with Crippen molar-refractivity contribution < 1.29 is 9.59 Å². The van der Waals surface area contributed by atoms with E-state index in [2.05, 4.69) is 31.4 Å². The summed E-state index contributed by atoms with van der Waals surface area (Å²) in [5.74, 6) is 0.681. The number of hydrogen-bond donors (Lipinski definition) is 1. The molecule has 1 saturated heterocycles. The molecule has 0 spiro atoms. The second-order valence-electron chi connectivity index (χ2n) is 7.40. The van der Waals surface area contributed by atoms with E-state index >= 15 is 0 Å². The van der Waals surface area contributed by atoms with Crippen molar-refractivity contribution in [2.24, 2.45) is 0 Å². The molecule has 3 heterocycles. The lowest BCUT2D eigenvalue weighted by atomic mass is 10.0. The van der Waals surface area contributed by atoms with Crippen LogP contribution in [0.3, 0.4) is 0 Å². The smallest absolute Gasteiger partial charge is 0.271 e. The lowest BCUT2D eigenvalue weighted by Gasteiger charge is -2.36. The van der Waals surface area contributed by atoms with Gasteiger partial charge in [0.1, 0.15) is 0 Å². The van der Waals surface area contributed by atoms with Crippen molar-refractivity contribution in [3.05, 3.63) is 47.7 Å². The molecule has 1 aromatic heterocycles. The van der Waals surface area contributed by atoms with Gasteiger partial charge >= 0.3 is 0 Å². The van der Waals surface area contributed by atoms with Crippen LogP contribution in [-0.4, -0.2) is 73.2 Å². The van der Waals surface area contributed by atoms with Gasteiger partial charge in [0, 0.05) is 45.5 Å². The SMILES string of the molecule is CNC(=O)c1ccc(N2CCN(CC(=O)N3CCCc4ccccc43)CC2)nn1. The number of carbonyl (C=O) groups excluding carboxylic acids is 2. The van der Waals surface area contributed by atoms with Crippen LogP contribution in [0.5, 0.6) is 0 Å². The number of para-hydroxylation sites is 1. The molecule has 0 saturated carbocycles. The maximum absolute atomic E-state index is 12.9. The highest BCUT2D eigenvalue weighted by Crippen LogP contribution is 2.27. The van der Waals surface area contributed by atoms with Crippen LogP contribution in [0.2, 0.25) is 0 Å². The van der Waals surface area contributed by atoms with Gasteiger partial charge in [-0.3, -0.25) is 14.5 Å². The Morgan fingerprint density at radius 1 is 1.00 bits per heavy atom. The first-order chi connectivity index (χ1) is 14.2. The normalized spacial score (nSPS) is 17.0. The molecule has 0 atom stereocenters. The van der Waals surface area contributed by atoms with Crippen molar-refractivity contribution in [1.29, 1.82) is 0 Å². The van der Waals surface area contributed by atoms with Crippen LogP contribution < -0.4 is 15.1 Å². The first-order valence-corrected chi connectivity index (χ1v) is 10.1. The van der Waals surface area contributed by atoms with Gasteiger partial charge in [0.25, 0.3) is 5.91 Å². The molecule has 2 amide bonds. The minimum absolute atomic E-state index is 0.167. The van der Waals surface area contributed by atoms with Gasteiger partial charge in [-0.15, -0.1) is 10.2 Å². The molecule has 8 nitrogen and oxygen atoms in total. The van der Waals surface area contributed by atoms with Crippen LogP contribution >= 0.6 is 0 Å². The monoisotopic (exact) mass is 394 g/mol. The van der Waals surface area contributed by atoms with E-state index in [4.69, 9.17) is 0 Å². The van der Waals surface area contributed by atoms with E-state index in [1.54, 1.807) is 13.1 Å². The summed E-state index contributed by atoms with van der Waals surface area (Å²) in [4.78, 5) is 30.8. The van der Waals surface area contributed by atoms with E-state index in [0.29, 0.717) is 12.2 Å². The van der Waals surface area contributed by atoms with Crippen molar-refractivity contribution in [2.45, 2.75) is 12.8 Å². The Balaban J connectivity index is 1.32. The number of anilines is 2. The second kappa shape index (κ2) is 8.57. The predicted molar refractivity (Wildman–Crippen MR) is 111 cm³/mol. The number of hydrogen-bond acceptors (Lipinski definition) is 6. The topological polar surface area (TPSA) is 81.7 Å². The Bertz CT molecular complexity index is 877. The third-order valence-electron chi connectivity index (χ3n) is 5.58. The van der Waals surface area contributed by atoms with Crippen LogP contribution in [-0.2, 0) is 11.2 Å². The van der Waals surface area contributed by atoms with Crippen molar-refractivity contribution in [2.75, 3.05) is 56.1 Å². The van der Waals surface area contributed by atoms with Crippen LogP contribution in [0.4, 0.5) is 11.5 Å². The van der Waals surface area contributed by atoms with Crippen molar-refractivity contribution >= 4 is 23.3 Å². The number of aryl methyl sites for hydroxylation is 1. The van der Waals surface area contributed by atoms with Gasteiger partial charge in [0.05, 0.1) is 6.54 Å². The highest BCUT2D eigenvalue weighted by molar-refractivity contribution is 5.96. The minimum atomic E-state index is -0.244. The van der Waals surface area contributed by atoms with Gasteiger partial charge in [-0.05, 0) is 36.6 Å². The van der Waals surface area contributed by atoms with E-state index in [9.17, 15) is 9.59 Å². The van der Waals surface area contributed by atoms with E-state index in [0.717, 1.165) is 57.1 Å². The van der Waals surface area contributed by atoms with Gasteiger partial charge in [0.15, 0.2) is 11.5 Å². The fraction of sp³-hybridized carbons (Fsp3) is 0.429. The summed E-state index contributed by atoms with van der Waals surface area (Å²) in [5, 5.41) is 10.7. The second-order valence-corrected chi connectivity index (χ2v) is 7.40. The van der Waals surface area contributed by atoms with Gasteiger partial charge < -0.3 is 15.1 Å². The van der Waals surface area contributed by atoms with Crippen LogP contribution in [0.25, 0.3) is 0 Å². The molecule has 0 radical (unpaired) electrons. The molecular weight excluding hydrogens is 368 g/mol. The molecule has 152 valence electrons. The number of piperazine rings is 1. The Kier molecular flexibility index (Phi) is 5.71. The van der Waals surface area contributed by atoms with Crippen molar-refractivity contribution in [1.82, 2.24) is 20.4 Å². The van der Waals surface area contributed by atoms with Crippen LogP contribution in [0.15, 0.2) is 36.4 Å². The first kappa shape index (κ1) is 19.3. The minimum Gasteiger partial charge on any atom is -0.354 e. The fourth-order valence-electron chi connectivity index (χ4n) is 3.95. The summed E-state index contributed by atoms with van der Waals surface area (Å²) in [6.07, 6.45) is 2.06. The Labute approximate surface area is 170 Å². The number of amides is 2. The quantitative estimate of drug-likeness (QED) is 0.831. The number of nitrogens with one attached hydrogen (secondary N) is 1. The highest BCUT2D eigenvalue weighted by Gasteiger charge is 2.26. The third-order valence-corrected chi connectivity index (χ3v) is 5.58. The first-order valence-electron chi connectivity index (χ1n) is 10.1. The molecule has 2 aromatic rings. The molecule has 0 unspecified atom stereocenters. The number of aromatic nitrogens is 2. The van der Waals surface area contributed by atoms with E-state index in [1.165, 1.54) is 5.56 Å². The van der Waals surface area contributed by atoms with E-state index in [-0.39, 0.29) is 11.8 Å². The Morgan fingerprint density at radius 3 is 2.52 bits per heavy atom. The number of carbonyl (C=O) groups is 2. The molecule has 1 fully saturated rings. The molecule has 2 aliphatic heterocycles. The largest absolute Gasteiger partial charge is 0.354 e. The zero-order chi connectivity index (χ0) is 20.2. The molecule has 0 bridgehead atoms. The average Bonchev–Trinajstić information content (AvgIpc) is 2.78. The third kappa shape index (κ3) is 4.22. The van der Waals surface area contributed by atoms with Crippen LogP contribution in [0, 0.1) is 0 Å². The summed E-state index contributed by atoms with van der Waals surface area (Å²) in [5.41, 5.74) is 2.63. The summed E-state index contributed by atoms with van der Waals surface area (Å²) >= 11 is 0. The lowest BCUT2D eigenvalue weighted by Crippen LogP contribution is -2.51. The van der Waals surface area contributed by atoms with Crippen molar-refractivity contribution in [3.63, 3.8) is 0 Å². The summed E-state index contributed by atoms with van der Waals surface area (Å²) < 4.78 is 0. The highest BCUT2D eigenvalue weighted by atomic mass is 16.2. The molecule has 1 N–H and O–H groups in total. The fourth-order valence-corrected chi connectivity index (χ4v) is 3.95. The van der Waals surface area contributed by atoms with E-state index < -0.39 is 0 Å². The molecular formula is C21H26N6O2. The van der Waals surface area contributed by atoms with Crippen molar-refractivity contribution in [3.8, 4) is 0 Å². The maximum Gasteiger partial charge on any atom is 0.271 e.